The third-order valence-electron chi connectivity index (χ3n) is 4.18. The molecule has 0 aliphatic rings. The molecule has 0 aliphatic carbocycles. The van der Waals surface area contributed by atoms with Crippen molar-refractivity contribution in [2.24, 2.45) is 0 Å². The molecule has 3 aromatic carbocycles. The Morgan fingerprint density at radius 2 is 1.65 bits per heavy atom. The van der Waals surface area contributed by atoms with E-state index in [0.717, 1.165) is 28.0 Å². The molecule has 0 radical (unpaired) electrons. The lowest BCUT2D eigenvalue weighted by Gasteiger charge is -2.12. The van der Waals surface area contributed by atoms with Gasteiger partial charge in [0.25, 0.3) is 0 Å². The highest BCUT2D eigenvalue weighted by molar-refractivity contribution is 5.91. The molecule has 4 heteroatoms. The maximum absolute atomic E-state index is 13.1. The van der Waals surface area contributed by atoms with Crippen LogP contribution in [-0.4, -0.2) is 20.2 Å². The molecule has 0 aromatic heterocycles. The first-order valence-corrected chi connectivity index (χ1v) is 8.21. The van der Waals surface area contributed by atoms with Crippen LogP contribution in [0.15, 0.2) is 66.7 Å². The fourth-order valence-corrected chi connectivity index (χ4v) is 2.86. The predicted molar refractivity (Wildman–Crippen MR) is 99.0 cm³/mol. The lowest BCUT2D eigenvalue weighted by Crippen LogP contribution is -2.01. The quantitative estimate of drug-likeness (QED) is 0.615. The highest BCUT2D eigenvalue weighted by atomic mass is 19.1. The van der Waals surface area contributed by atoms with Crippen LogP contribution in [0.2, 0.25) is 0 Å². The highest BCUT2D eigenvalue weighted by Gasteiger charge is 2.11. The van der Waals surface area contributed by atoms with Crippen LogP contribution in [0.5, 0.6) is 5.75 Å². The van der Waals surface area contributed by atoms with Crippen LogP contribution in [0.25, 0.3) is 11.1 Å². The largest absolute Gasteiger partial charge is 0.496 e. The number of carbonyl (C=O) groups is 1. The van der Waals surface area contributed by atoms with E-state index < -0.39 is 0 Å². The van der Waals surface area contributed by atoms with Crippen molar-refractivity contribution in [3.63, 3.8) is 0 Å². The molecule has 132 valence electrons. The van der Waals surface area contributed by atoms with Crippen LogP contribution in [-0.2, 0) is 11.2 Å². The number of carbonyl (C=O) groups excluding carboxylic acids is 1. The number of halogens is 1. The molecule has 0 fully saturated rings. The van der Waals surface area contributed by atoms with E-state index in [2.05, 4.69) is 0 Å². The van der Waals surface area contributed by atoms with Crippen molar-refractivity contribution in [1.82, 2.24) is 0 Å². The maximum atomic E-state index is 13.1. The van der Waals surface area contributed by atoms with Crippen LogP contribution in [0.4, 0.5) is 4.39 Å². The molecule has 3 rings (SSSR count). The molecule has 3 nitrogen and oxygen atoms in total. The molecule has 0 bridgehead atoms. The Bertz CT molecular complexity index is 917. The highest BCUT2D eigenvalue weighted by Crippen LogP contribution is 2.32. The van der Waals surface area contributed by atoms with E-state index in [1.807, 2.05) is 30.3 Å². The van der Waals surface area contributed by atoms with Gasteiger partial charge in [-0.25, -0.2) is 9.18 Å². The molecule has 0 aliphatic heterocycles. The van der Waals surface area contributed by atoms with Crippen molar-refractivity contribution in [1.29, 1.82) is 0 Å². The Balaban J connectivity index is 1.98. The van der Waals surface area contributed by atoms with Gasteiger partial charge in [0, 0.05) is 5.56 Å². The molecular formula is C22H19FO3. The Morgan fingerprint density at radius 3 is 2.35 bits per heavy atom. The van der Waals surface area contributed by atoms with Crippen molar-refractivity contribution in [3.8, 4) is 16.9 Å². The lowest BCUT2D eigenvalue weighted by molar-refractivity contribution is 0.0601. The van der Waals surface area contributed by atoms with Crippen molar-refractivity contribution in [2.75, 3.05) is 14.2 Å². The number of hydrogen-bond acceptors (Lipinski definition) is 3. The van der Waals surface area contributed by atoms with Gasteiger partial charge in [0.05, 0.1) is 19.8 Å². The van der Waals surface area contributed by atoms with Gasteiger partial charge < -0.3 is 9.47 Å². The van der Waals surface area contributed by atoms with Crippen molar-refractivity contribution < 1.29 is 18.7 Å². The second-order valence-electron chi connectivity index (χ2n) is 5.91. The summed E-state index contributed by atoms with van der Waals surface area (Å²) in [6, 6.07) is 19.6. The van der Waals surface area contributed by atoms with E-state index >= 15 is 0 Å². The normalized spacial score (nSPS) is 10.4. The van der Waals surface area contributed by atoms with E-state index in [-0.39, 0.29) is 11.8 Å². The first-order valence-electron chi connectivity index (χ1n) is 8.21. The fourth-order valence-electron chi connectivity index (χ4n) is 2.86. The molecule has 3 aromatic rings. The molecule has 0 saturated carbocycles. The summed E-state index contributed by atoms with van der Waals surface area (Å²) in [6.07, 6.45) is 0.675. The van der Waals surface area contributed by atoms with Gasteiger partial charge in [-0.3, -0.25) is 0 Å². The van der Waals surface area contributed by atoms with E-state index in [1.54, 1.807) is 31.4 Å². The SMILES string of the molecule is COC(=O)c1cccc(-c2cc(Cc3ccc(F)cc3)ccc2OC)c1. The number of esters is 1. The van der Waals surface area contributed by atoms with E-state index in [0.29, 0.717) is 12.0 Å². The predicted octanol–water partition coefficient (Wildman–Crippen LogP) is 4.88. The summed E-state index contributed by atoms with van der Waals surface area (Å²) in [4.78, 5) is 11.8. The van der Waals surface area contributed by atoms with Crippen LogP contribution in [0.3, 0.4) is 0 Å². The van der Waals surface area contributed by atoms with Crippen LogP contribution >= 0.6 is 0 Å². The molecule has 0 amide bonds. The molecule has 0 saturated heterocycles. The number of benzene rings is 3. The maximum Gasteiger partial charge on any atom is 0.337 e. The zero-order valence-corrected chi connectivity index (χ0v) is 14.7. The third-order valence-corrected chi connectivity index (χ3v) is 4.18. The van der Waals surface area contributed by atoms with E-state index in [4.69, 9.17) is 9.47 Å². The van der Waals surface area contributed by atoms with Gasteiger partial charge in [-0.15, -0.1) is 0 Å². The Labute approximate surface area is 152 Å². The second kappa shape index (κ2) is 7.83. The first kappa shape index (κ1) is 17.7. The molecule has 26 heavy (non-hydrogen) atoms. The minimum atomic E-state index is -0.381. The Kier molecular flexibility index (Phi) is 5.32. The van der Waals surface area contributed by atoms with Gasteiger partial charge in [0.1, 0.15) is 11.6 Å². The number of rotatable bonds is 5. The fraction of sp³-hybridized carbons (Fsp3) is 0.136. The minimum Gasteiger partial charge on any atom is -0.496 e. The van der Waals surface area contributed by atoms with Crippen molar-refractivity contribution in [2.45, 2.75) is 6.42 Å². The summed E-state index contributed by atoms with van der Waals surface area (Å²) < 4.78 is 23.4. The second-order valence-corrected chi connectivity index (χ2v) is 5.91. The molecule has 0 N–H and O–H groups in total. The van der Waals surface area contributed by atoms with Crippen LogP contribution in [0.1, 0.15) is 21.5 Å². The van der Waals surface area contributed by atoms with Gasteiger partial charge in [0.2, 0.25) is 0 Å². The summed E-state index contributed by atoms with van der Waals surface area (Å²) in [6.45, 7) is 0. The summed E-state index contributed by atoms with van der Waals surface area (Å²) in [5, 5.41) is 0. The summed E-state index contributed by atoms with van der Waals surface area (Å²) in [7, 11) is 2.97. The van der Waals surface area contributed by atoms with Gasteiger partial charge in [-0.05, 0) is 59.5 Å². The van der Waals surface area contributed by atoms with Gasteiger partial charge in [0.15, 0.2) is 0 Å². The number of ether oxygens (including phenoxy) is 2. The number of methoxy groups -OCH3 is 2. The molecule has 0 spiro atoms. The van der Waals surface area contributed by atoms with Gasteiger partial charge >= 0.3 is 5.97 Å². The van der Waals surface area contributed by atoms with Crippen molar-refractivity contribution in [3.05, 3.63) is 89.2 Å². The Hall–Kier alpha value is -3.14. The topological polar surface area (TPSA) is 35.5 Å². The third kappa shape index (κ3) is 3.91. The molecule has 0 heterocycles. The molecular weight excluding hydrogens is 331 g/mol. The smallest absolute Gasteiger partial charge is 0.337 e. The lowest BCUT2D eigenvalue weighted by atomic mass is 9.97. The van der Waals surface area contributed by atoms with Crippen molar-refractivity contribution >= 4 is 5.97 Å². The summed E-state index contributed by atoms with van der Waals surface area (Å²) in [5.41, 5.74) is 4.32. The monoisotopic (exact) mass is 350 g/mol. The minimum absolute atomic E-state index is 0.246. The zero-order chi connectivity index (χ0) is 18.5. The standard InChI is InChI=1S/C22H19FO3/c1-25-21-11-8-16(12-15-6-9-19(23)10-7-15)13-20(21)17-4-3-5-18(14-17)22(24)26-2/h3-11,13-14H,12H2,1-2H3. The summed E-state index contributed by atoms with van der Waals surface area (Å²) >= 11 is 0. The first-order chi connectivity index (χ1) is 12.6. The van der Waals surface area contributed by atoms with Gasteiger partial charge in [-0.2, -0.15) is 0 Å². The average molecular weight is 350 g/mol. The average Bonchev–Trinajstić information content (AvgIpc) is 2.69. The van der Waals surface area contributed by atoms with Crippen LogP contribution in [0, 0.1) is 5.82 Å². The molecule has 0 unspecified atom stereocenters. The van der Waals surface area contributed by atoms with E-state index in [9.17, 15) is 9.18 Å². The van der Waals surface area contributed by atoms with Crippen LogP contribution < -0.4 is 4.74 Å². The molecule has 0 atom stereocenters. The van der Waals surface area contributed by atoms with E-state index in [1.165, 1.54) is 19.2 Å². The number of hydrogen-bond donors (Lipinski definition) is 0. The Morgan fingerprint density at radius 1 is 0.923 bits per heavy atom. The van der Waals surface area contributed by atoms with Gasteiger partial charge in [-0.1, -0.05) is 30.3 Å². The summed E-state index contributed by atoms with van der Waals surface area (Å²) in [5.74, 6) is 0.0898. The zero-order valence-electron chi connectivity index (χ0n) is 14.7.